The Balaban J connectivity index is 1.95. The Morgan fingerprint density at radius 1 is 1.06 bits per heavy atom. The van der Waals surface area contributed by atoms with Crippen LogP contribution in [-0.4, -0.2) is 36.0 Å². The molecule has 0 radical (unpaired) electrons. The summed E-state index contributed by atoms with van der Waals surface area (Å²) in [4.78, 5) is 11.4. The lowest BCUT2D eigenvalue weighted by Crippen LogP contribution is -2.29. The van der Waals surface area contributed by atoms with Crippen molar-refractivity contribution in [3.05, 3.63) is 71.6 Å². The van der Waals surface area contributed by atoms with Gasteiger partial charge in [-0.15, -0.1) is 0 Å². The summed E-state index contributed by atoms with van der Waals surface area (Å²) in [5, 5.41) is 19.2. The van der Waals surface area contributed by atoms with Crippen LogP contribution in [0.25, 0.3) is 11.1 Å². The van der Waals surface area contributed by atoms with E-state index in [0.717, 1.165) is 23.1 Å². The third kappa shape index (κ3) is 7.01. The first-order chi connectivity index (χ1) is 14.8. The van der Waals surface area contributed by atoms with Crippen LogP contribution < -0.4 is 0 Å². The Labute approximate surface area is 184 Å². The number of aliphatic hydroxyl groups excluding tert-OH is 2. The molecule has 0 aliphatic rings. The molecule has 0 aliphatic carbocycles. The SMILES string of the molecule is C=C(C)C(=O)OCCCc1ccc(-c2ccc(CCC(CC)(CO)CO)cc2)c(F)c1. The van der Waals surface area contributed by atoms with Crippen molar-refractivity contribution >= 4 is 5.97 Å². The van der Waals surface area contributed by atoms with Gasteiger partial charge in [0, 0.05) is 16.6 Å². The lowest BCUT2D eigenvalue weighted by molar-refractivity contribution is -0.139. The van der Waals surface area contributed by atoms with Gasteiger partial charge in [0.1, 0.15) is 5.82 Å². The summed E-state index contributed by atoms with van der Waals surface area (Å²) in [6.45, 7) is 7.32. The van der Waals surface area contributed by atoms with Gasteiger partial charge in [-0.3, -0.25) is 0 Å². The van der Waals surface area contributed by atoms with E-state index in [0.29, 0.717) is 36.8 Å². The molecular weight excluding hydrogens is 395 g/mol. The highest BCUT2D eigenvalue weighted by Crippen LogP contribution is 2.29. The molecule has 2 aromatic rings. The van der Waals surface area contributed by atoms with Gasteiger partial charge < -0.3 is 14.9 Å². The van der Waals surface area contributed by atoms with Gasteiger partial charge in [-0.25, -0.2) is 9.18 Å². The first-order valence-electron chi connectivity index (χ1n) is 10.8. The van der Waals surface area contributed by atoms with Gasteiger partial charge in [-0.1, -0.05) is 49.9 Å². The summed E-state index contributed by atoms with van der Waals surface area (Å²) in [5.74, 6) is -0.687. The summed E-state index contributed by atoms with van der Waals surface area (Å²) < 4.78 is 19.7. The summed E-state index contributed by atoms with van der Waals surface area (Å²) in [6, 6.07) is 12.9. The number of rotatable bonds is 12. The van der Waals surface area contributed by atoms with E-state index in [-0.39, 0.29) is 25.6 Å². The normalized spacial score (nSPS) is 11.4. The van der Waals surface area contributed by atoms with Gasteiger partial charge in [0.25, 0.3) is 0 Å². The maximum Gasteiger partial charge on any atom is 0.333 e. The van der Waals surface area contributed by atoms with E-state index >= 15 is 0 Å². The largest absolute Gasteiger partial charge is 0.462 e. The minimum Gasteiger partial charge on any atom is -0.462 e. The highest BCUT2D eigenvalue weighted by Gasteiger charge is 2.26. The second-order valence-electron chi connectivity index (χ2n) is 8.20. The summed E-state index contributed by atoms with van der Waals surface area (Å²) in [7, 11) is 0. The molecule has 2 aromatic carbocycles. The molecule has 0 bridgehead atoms. The standard InChI is InChI=1S/C26H33FO4/c1-4-26(17-28,18-29)14-13-20-7-10-22(11-8-20)23-12-9-21(16-24(23)27)6-5-15-31-25(30)19(2)3/h7-12,16,28-29H,2,4-6,13-15,17-18H2,1,3H3. The van der Waals surface area contributed by atoms with Crippen molar-refractivity contribution in [2.45, 2.75) is 46.0 Å². The van der Waals surface area contributed by atoms with Crippen LogP contribution in [0.15, 0.2) is 54.6 Å². The van der Waals surface area contributed by atoms with Crippen LogP contribution in [0.1, 0.15) is 44.2 Å². The number of halogens is 1. The molecule has 0 saturated carbocycles. The molecule has 4 nitrogen and oxygen atoms in total. The fraction of sp³-hybridized carbons (Fsp3) is 0.423. The summed E-state index contributed by atoms with van der Waals surface area (Å²) >= 11 is 0. The molecule has 0 saturated heterocycles. The van der Waals surface area contributed by atoms with Crippen molar-refractivity contribution in [3.63, 3.8) is 0 Å². The summed E-state index contributed by atoms with van der Waals surface area (Å²) in [5.41, 5.74) is 3.20. The fourth-order valence-corrected chi connectivity index (χ4v) is 3.38. The highest BCUT2D eigenvalue weighted by molar-refractivity contribution is 5.86. The van der Waals surface area contributed by atoms with E-state index < -0.39 is 11.4 Å². The van der Waals surface area contributed by atoms with Crippen molar-refractivity contribution in [2.75, 3.05) is 19.8 Å². The highest BCUT2D eigenvalue weighted by atomic mass is 19.1. The molecule has 2 N–H and O–H groups in total. The second kappa shape index (κ2) is 11.8. The van der Waals surface area contributed by atoms with Crippen molar-refractivity contribution in [3.8, 4) is 11.1 Å². The first kappa shape index (κ1) is 24.8. The van der Waals surface area contributed by atoms with Crippen LogP contribution in [0.3, 0.4) is 0 Å². The molecule has 0 atom stereocenters. The van der Waals surface area contributed by atoms with Crippen LogP contribution in [0.4, 0.5) is 4.39 Å². The number of carbonyl (C=O) groups excluding carboxylic acids is 1. The third-order valence-corrected chi connectivity index (χ3v) is 5.85. The Hall–Kier alpha value is -2.50. The van der Waals surface area contributed by atoms with Gasteiger partial charge >= 0.3 is 5.97 Å². The first-order valence-corrected chi connectivity index (χ1v) is 10.8. The molecular formula is C26H33FO4. The topological polar surface area (TPSA) is 66.8 Å². The lowest BCUT2D eigenvalue weighted by atomic mass is 9.81. The maximum absolute atomic E-state index is 14.7. The number of hydrogen-bond donors (Lipinski definition) is 2. The monoisotopic (exact) mass is 428 g/mol. The minimum atomic E-state index is -0.455. The Morgan fingerprint density at radius 2 is 1.71 bits per heavy atom. The molecule has 0 aromatic heterocycles. The van der Waals surface area contributed by atoms with E-state index in [2.05, 4.69) is 6.58 Å². The average molecular weight is 429 g/mol. The molecule has 0 aliphatic heterocycles. The zero-order chi connectivity index (χ0) is 22.9. The molecule has 31 heavy (non-hydrogen) atoms. The van der Waals surface area contributed by atoms with Crippen molar-refractivity contribution in [1.82, 2.24) is 0 Å². The lowest BCUT2D eigenvalue weighted by Gasteiger charge is -2.28. The number of benzene rings is 2. The van der Waals surface area contributed by atoms with E-state index in [1.807, 2.05) is 37.3 Å². The van der Waals surface area contributed by atoms with E-state index in [9.17, 15) is 19.4 Å². The van der Waals surface area contributed by atoms with Gasteiger partial charge in [-0.2, -0.15) is 0 Å². The second-order valence-corrected chi connectivity index (χ2v) is 8.20. The van der Waals surface area contributed by atoms with E-state index in [1.54, 1.807) is 13.0 Å². The fourth-order valence-electron chi connectivity index (χ4n) is 3.38. The van der Waals surface area contributed by atoms with Gasteiger partial charge in [0.15, 0.2) is 0 Å². The number of aliphatic hydroxyl groups is 2. The number of hydrogen-bond acceptors (Lipinski definition) is 4. The smallest absolute Gasteiger partial charge is 0.333 e. The van der Waals surface area contributed by atoms with Crippen LogP contribution >= 0.6 is 0 Å². The Bertz CT molecular complexity index is 861. The van der Waals surface area contributed by atoms with Crippen LogP contribution in [0, 0.1) is 11.2 Å². The minimum absolute atomic E-state index is 0.0357. The van der Waals surface area contributed by atoms with Crippen LogP contribution in [0.2, 0.25) is 0 Å². The molecule has 168 valence electrons. The van der Waals surface area contributed by atoms with Gasteiger partial charge in [-0.05, 0) is 61.8 Å². The van der Waals surface area contributed by atoms with Gasteiger partial charge in [0.05, 0.1) is 19.8 Å². The van der Waals surface area contributed by atoms with Crippen LogP contribution in [-0.2, 0) is 22.4 Å². The molecule has 2 rings (SSSR count). The zero-order valence-corrected chi connectivity index (χ0v) is 18.5. The molecule has 0 fully saturated rings. The molecule has 0 heterocycles. The van der Waals surface area contributed by atoms with E-state index in [4.69, 9.17) is 4.74 Å². The van der Waals surface area contributed by atoms with E-state index in [1.165, 1.54) is 6.07 Å². The average Bonchev–Trinajstić information content (AvgIpc) is 2.78. The molecule has 0 spiro atoms. The molecule has 5 heteroatoms. The maximum atomic E-state index is 14.7. The predicted octanol–water partition coefficient (Wildman–Crippen LogP) is 4.86. The van der Waals surface area contributed by atoms with Crippen molar-refractivity contribution < 1.29 is 24.1 Å². The quantitative estimate of drug-likeness (QED) is 0.288. The summed E-state index contributed by atoms with van der Waals surface area (Å²) in [6.07, 6.45) is 3.39. The number of esters is 1. The number of ether oxygens (including phenoxy) is 1. The molecule has 0 unspecified atom stereocenters. The predicted molar refractivity (Wildman–Crippen MR) is 121 cm³/mol. The number of carbonyl (C=O) groups is 1. The van der Waals surface area contributed by atoms with Crippen molar-refractivity contribution in [2.24, 2.45) is 5.41 Å². The third-order valence-electron chi connectivity index (χ3n) is 5.85. The molecule has 0 amide bonds. The zero-order valence-electron chi connectivity index (χ0n) is 18.5. The Kier molecular flexibility index (Phi) is 9.41. The van der Waals surface area contributed by atoms with Gasteiger partial charge in [0.2, 0.25) is 0 Å². The number of aryl methyl sites for hydroxylation is 2. The van der Waals surface area contributed by atoms with Crippen molar-refractivity contribution in [1.29, 1.82) is 0 Å². The Morgan fingerprint density at radius 3 is 2.26 bits per heavy atom. The van der Waals surface area contributed by atoms with Crippen LogP contribution in [0.5, 0.6) is 0 Å².